The van der Waals surface area contributed by atoms with Crippen LogP contribution < -0.4 is 5.32 Å². The SMILES string of the molecule is O=[N+]([O-])C=C1NCCCN1Cc1cnc(Cl)s1. The number of nitro groups is 1. The van der Waals surface area contributed by atoms with E-state index < -0.39 is 4.92 Å². The van der Waals surface area contributed by atoms with E-state index in [1.807, 2.05) is 4.90 Å². The van der Waals surface area contributed by atoms with Crippen molar-refractivity contribution in [3.8, 4) is 0 Å². The summed E-state index contributed by atoms with van der Waals surface area (Å²) < 4.78 is 0.491. The standard InChI is InChI=1S/C9H11ClN4O2S/c10-9-12-4-7(17-9)5-13-3-1-2-11-8(13)6-14(15)16/h4,6,11H,1-3,5H2. The van der Waals surface area contributed by atoms with Crippen LogP contribution in [0.15, 0.2) is 18.2 Å². The fourth-order valence-corrected chi connectivity index (χ4v) is 2.65. The molecule has 6 nitrogen and oxygen atoms in total. The summed E-state index contributed by atoms with van der Waals surface area (Å²) >= 11 is 7.14. The van der Waals surface area contributed by atoms with Crippen LogP contribution in [0.5, 0.6) is 0 Å². The van der Waals surface area contributed by atoms with Crippen LogP contribution in [-0.4, -0.2) is 27.9 Å². The lowest BCUT2D eigenvalue weighted by Gasteiger charge is -2.30. The molecule has 1 aliphatic rings. The Morgan fingerprint density at radius 3 is 3.24 bits per heavy atom. The largest absolute Gasteiger partial charge is 0.367 e. The maximum atomic E-state index is 10.5. The summed E-state index contributed by atoms with van der Waals surface area (Å²) in [5, 5.41) is 13.5. The summed E-state index contributed by atoms with van der Waals surface area (Å²) in [6.07, 6.45) is 3.66. The minimum atomic E-state index is -0.444. The van der Waals surface area contributed by atoms with E-state index in [0.29, 0.717) is 16.8 Å². The van der Waals surface area contributed by atoms with Gasteiger partial charge in [0.1, 0.15) is 0 Å². The molecule has 17 heavy (non-hydrogen) atoms. The van der Waals surface area contributed by atoms with E-state index >= 15 is 0 Å². The van der Waals surface area contributed by atoms with Crippen LogP contribution in [0.3, 0.4) is 0 Å². The van der Waals surface area contributed by atoms with Gasteiger partial charge < -0.3 is 10.2 Å². The Morgan fingerprint density at radius 1 is 1.76 bits per heavy atom. The van der Waals surface area contributed by atoms with Crippen LogP contribution in [0.4, 0.5) is 0 Å². The summed E-state index contributed by atoms with van der Waals surface area (Å²) in [7, 11) is 0. The van der Waals surface area contributed by atoms with Crippen LogP contribution >= 0.6 is 22.9 Å². The van der Waals surface area contributed by atoms with Crippen molar-refractivity contribution < 1.29 is 4.92 Å². The zero-order chi connectivity index (χ0) is 12.3. The Balaban J connectivity index is 2.09. The average Bonchev–Trinajstić information content (AvgIpc) is 2.66. The van der Waals surface area contributed by atoms with E-state index in [2.05, 4.69) is 10.3 Å². The van der Waals surface area contributed by atoms with E-state index in [-0.39, 0.29) is 0 Å². The molecule has 8 heteroatoms. The zero-order valence-corrected chi connectivity index (χ0v) is 10.5. The predicted molar refractivity (Wildman–Crippen MR) is 65.2 cm³/mol. The van der Waals surface area contributed by atoms with Crippen molar-refractivity contribution >= 4 is 22.9 Å². The number of nitrogens with one attached hydrogen (secondary N) is 1. The van der Waals surface area contributed by atoms with Gasteiger partial charge in [-0.1, -0.05) is 11.6 Å². The van der Waals surface area contributed by atoms with Crippen molar-refractivity contribution in [3.63, 3.8) is 0 Å². The molecule has 0 saturated carbocycles. The topological polar surface area (TPSA) is 71.3 Å². The Hall–Kier alpha value is -1.34. The first-order chi connectivity index (χ1) is 8.15. The second-order valence-electron chi connectivity index (χ2n) is 3.58. The predicted octanol–water partition coefficient (Wildman–Crippen LogP) is 1.67. The average molecular weight is 275 g/mol. The summed E-state index contributed by atoms with van der Waals surface area (Å²) in [6.45, 7) is 2.15. The second kappa shape index (κ2) is 5.33. The van der Waals surface area contributed by atoms with Gasteiger partial charge in [0.25, 0.3) is 6.20 Å². The van der Waals surface area contributed by atoms with Gasteiger partial charge in [-0.3, -0.25) is 10.1 Å². The third-order valence-corrected chi connectivity index (χ3v) is 3.45. The molecular formula is C9H11ClN4O2S. The molecule has 1 fully saturated rings. The molecule has 0 radical (unpaired) electrons. The Bertz CT molecular complexity index is 448. The molecule has 2 heterocycles. The highest BCUT2D eigenvalue weighted by atomic mass is 35.5. The lowest BCUT2D eigenvalue weighted by Crippen LogP contribution is -2.39. The molecule has 0 amide bonds. The number of rotatable bonds is 3. The van der Waals surface area contributed by atoms with Crippen molar-refractivity contribution in [1.29, 1.82) is 0 Å². The van der Waals surface area contributed by atoms with Crippen molar-refractivity contribution in [3.05, 3.63) is 37.7 Å². The van der Waals surface area contributed by atoms with Crippen molar-refractivity contribution in [2.75, 3.05) is 13.1 Å². The molecule has 1 aromatic heterocycles. The lowest BCUT2D eigenvalue weighted by atomic mass is 10.3. The monoisotopic (exact) mass is 274 g/mol. The van der Waals surface area contributed by atoms with Gasteiger partial charge in [-0.2, -0.15) is 0 Å². The number of thiazole rings is 1. The van der Waals surface area contributed by atoms with E-state index in [1.165, 1.54) is 11.3 Å². The van der Waals surface area contributed by atoms with E-state index in [1.54, 1.807) is 6.20 Å². The van der Waals surface area contributed by atoms with Gasteiger partial charge in [-0.15, -0.1) is 11.3 Å². The minimum absolute atomic E-state index is 0.444. The number of hydrogen-bond donors (Lipinski definition) is 1. The molecular weight excluding hydrogens is 264 g/mol. The molecule has 1 N–H and O–H groups in total. The summed E-state index contributed by atoms with van der Waals surface area (Å²) in [4.78, 5) is 16.9. The summed E-state index contributed by atoms with van der Waals surface area (Å²) in [5.74, 6) is 0.547. The molecule has 2 rings (SSSR count). The summed E-state index contributed by atoms with van der Waals surface area (Å²) in [5.41, 5.74) is 0. The van der Waals surface area contributed by atoms with Gasteiger partial charge in [0.15, 0.2) is 10.3 Å². The highest BCUT2D eigenvalue weighted by molar-refractivity contribution is 7.15. The first kappa shape index (κ1) is 12.1. The van der Waals surface area contributed by atoms with Gasteiger partial charge in [0.2, 0.25) is 0 Å². The third kappa shape index (κ3) is 3.31. The van der Waals surface area contributed by atoms with E-state index in [9.17, 15) is 10.1 Å². The third-order valence-electron chi connectivity index (χ3n) is 2.35. The molecule has 0 aliphatic carbocycles. The Kier molecular flexibility index (Phi) is 3.80. The smallest absolute Gasteiger partial charge is 0.274 e. The number of aromatic nitrogens is 1. The molecule has 1 aliphatic heterocycles. The zero-order valence-electron chi connectivity index (χ0n) is 8.93. The van der Waals surface area contributed by atoms with E-state index in [0.717, 1.165) is 30.6 Å². The van der Waals surface area contributed by atoms with Gasteiger partial charge in [-0.05, 0) is 6.42 Å². The first-order valence-electron chi connectivity index (χ1n) is 5.09. The molecule has 1 aromatic rings. The van der Waals surface area contributed by atoms with Crippen molar-refractivity contribution in [2.45, 2.75) is 13.0 Å². The van der Waals surface area contributed by atoms with Gasteiger partial charge in [0.05, 0.1) is 11.5 Å². The van der Waals surface area contributed by atoms with Gasteiger partial charge >= 0.3 is 0 Å². The maximum absolute atomic E-state index is 10.5. The van der Waals surface area contributed by atoms with Crippen LogP contribution in [0.25, 0.3) is 0 Å². The molecule has 0 bridgehead atoms. The van der Waals surface area contributed by atoms with Gasteiger partial charge in [0, 0.05) is 24.2 Å². The quantitative estimate of drug-likeness (QED) is 0.670. The molecule has 0 aromatic carbocycles. The maximum Gasteiger partial charge on any atom is 0.274 e. The molecule has 1 saturated heterocycles. The molecule has 0 atom stereocenters. The van der Waals surface area contributed by atoms with Crippen LogP contribution in [-0.2, 0) is 6.54 Å². The number of halogens is 1. The highest BCUT2D eigenvalue weighted by Crippen LogP contribution is 2.21. The van der Waals surface area contributed by atoms with Crippen LogP contribution in [0.1, 0.15) is 11.3 Å². The van der Waals surface area contributed by atoms with Crippen LogP contribution in [0.2, 0.25) is 4.47 Å². The normalized spacial score (nSPS) is 18.2. The van der Waals surface area contributed by atoms with Crippen LogP contribution in [0, 0.1) is 10.1 Å². The second-order valence-corrected chi connectivity index (χ2v) is 5.28. The minimum Gasteiger partial charge on any atom is -0.367 e. The van der Waals surface area contributed by atoms with E-state index in [4.69, 9.17) is 11.6 Å². The Labute approximate surface area is 107 Å². The fraction of sp³-hybridized carbons (Fsp3) is 0.444. The Morgan fingerprint density at radius 2 is 2.59 bits per heavy atom. The number of hydrogen-bond acceptors (Lipinski definition) is 6. The van der Waals surface area contributed by atoms with Crippen molar-refractivity contribution in [2.24, 2.45) is 0 Å². The molecule has 0 unspecified atom stereocenters. The highest BCUT2D eigenvalue weighted by Gasteiger charge is 2.18. The first-order valence-corrected chi connectivity index (χ1v) is 6.29. The molecule has 0 spiro atoms. The molecule has 92 valence electrons. The lowest BCUT2D eigenvalue weighted by molar-refractivity contribution is -0.405. The number of nitrogens with zero attached hydrogens (tertiary/aromatic N) is 3. The van der Waals surface area contributed by atoms with Crippen molar-refractivity contribution in [1.82, 2.24) is 15.2 Å². The fourth-order valence-electron chi connectivity index (χ4n) is 1.65. The summed E-state index contributed by atoms with van der Waals surface area (Å²) in [6, 6.07) is 0. The van der Waals surface area contributed by atoms with Gasteiger partial charge in [-0.25, -0.2) is 4.98 Å².